The molecule has 0 aromatic carbocycles. The molecule has 1 heterocycles. The van der Waals surface area contributed by atoms with Crippen molar-refractivity contribution in [3.63, 3.8) is 0 Å². The van der Waals surface area contributed by atoms with Crippen molar-refractivity contribution in [3.05, 3.63) is 11.9 Å². The van der Waals surface area contributed by atoms with E-state index >= 15 is 0 Å². The number of hydrogen-bond donors (Lipinski definition) is 1. The third kappa shape index (κ3) is 1.37. The summed E-state index contributed by atoms with van der Waals surface area (Å²) in [7, 11) is 0. The normalized spacial score (nSPS) is 16.5. The summed E-state index contributed by atoms with van der Waals surface area (Å²) in [4.78, 5) is 0. The standard InChI is InChI=1S/C9H12N4/c10-4-9-8(11)5-12-13(9)6-7-2-1-3-7/h5,7H,1-3,6,11H2. The zero-order valence-corrected chi connectivity index (χ0v) is 7.40. The molecule has 2 rings (SSSR count). The third-order valence-electron chi connectivity index (χ3n) is 2.63. The quantitative estimate of drug-likeness (QED) is 0.734. The predicted octanol–water partition coefficient (Wildman–Crippen LogP) is 1.14. The predicted molar refractivity (Wildman–Crippen MR) is 48.7 cm³/mol. The smallest absolute Gasteiger partial charge is 0.161 e. The molecule has 0 amide bonds. The maximum Gasteiger partial charge on any atom is 0.161 e. The second-order valence-electron chi connectivity index (χ2n) is 3.54. The van der Waals surface area contributed by atoms with Crippen molar-refractivity contribution in [2.45, 2.75) is 25.8 Å². The van der Waals surface area contributed by atoms with Crippen molar-refractivity contribution in [1.29, 1.82) is 5.26 Å². The number of nitrogen functional groups attached to an aromatic ring is 1. The Hall–Kier alpha value is -1.50. The maximum atomic E-state index is 8.80. The van der Waals surface area contributed by atoms with Gasteiger partial charge in [-0.15, -0.1) is 0 Å². The molecule has 0 radical (unpaired) electrons. The number of hydrogen-bond acceptors (Lipinski definition) is 3. The maximum absolute atomic E-state index is 8.80. The first-order valence-corrected chi connectivity index (χ1v) is 4.52. The molecule has 1 aromatic rings. The lowest BCUT2D eigenvalue weighted by Crippen LogP contribution is -2.19. The molecule has 4 heteroatoms. The van der Waals surface area contributed by atoms with E-state index < -0.39 is 0 Å². The number of rotatable bonds is 2. The molecule has 0 aliphatic heterocycles. The van der Waals surface area contributed by atoms with E-state index in [0.717, 1.165) is 6.54 Å². The Morgan fingerprint density at radius 2 is 2.46 bits per heavy atom. The van der Waals surface area contributed by atoms with Crippen molar-refractivity contribution in [1.82, 2.24) is 9.78 Å². The van der Waals surface area contributed by atoms with Crippen molar-refractivity contribution in [2.24, 2.45) is 5.92 Å². The fraction of sp³-hybridized carbons (Fsp3) is 0.556. The molecule has 4 nitrogen and oxygen atoms in total. The summed E-state index contributed by atoms with van der Waals surface area (Å²) in [6.07, 6.45) is 5.37. The van der Waals surface area contributed by atoms with Gasteiger partial charge in [-0.3, -0.25) is 4.68 Å². The highest BCUT2D eigenvalue weighted by Gasteiger charge is 2.19. The largest absolute Gasteiger partial charge is 0.395 e. The second-order valence-corrected chi connectivity index (χ2v) is 3.54. The van der Waals surface area contributed by atoms with Gasteiger partial charge in [0.25, 0.3) is 0 Å². The first-order chi connectivity index (χ1) is 6.31. The Bertz CT molecular complexity index is 343. The molecule has 2 N–H and O–H groups in total. The molecule has 1 saturated carbocycles. The van der Waals surface area contributed by atoms with E-state index in [-0.39, 0.29) is 0 Å². The van der Waals surface area contributed by atoms with Crippen molar-refractivity contribution in [2.75, 3.05) is 5.73 Å². The minimum absolute atomic E-state index is 0.488. The van der Waals surface area contributed by atoms with Gasteiger partial charge in [-0.25, -0.2) is 0 Å². The Morgan fingerprint density at radius 3 is 3.00 bits per heavy atom. The minimum Gasteiger partial charge on any atom is -0.395 e. The molecule has 0 bridgehead atoms. The minimum atomic E-state index is 0.488. The molecule has 0 unspecified atom stereocenters. The zero-order valence-electron chi connectivity index (χ0n) is 7.40. The molecule has 0 spiro atoms. The summed E-state index contributed by atoms with van der Waals surface area (Å²) < 4.78 is 1.72. The summed E-state index contributed by atoms with van der Waals surface area (Å²) in [5, 5.41) is 12.9. The lowest BCUT2D eigenvalue weighted by atomic mass is 9.85. The van der Waals surface area contributed by atoms with E-state index in [0.29, 0.717) is 17.3 Å². The van der Waals surface area contributed by atoms with E-state index in [2.05, 4.69) is 11.2 Å². The van der Waals surface area contributed by atoms with Gasteiger partial charge in [0.2, 0.25) is 0 Å². The van der Waals surface area contributed by atoms with Crippen LogP contribution in [0.1, 0.15) is 25.0 Å². The van der Waals surface area contributed by atoms with E-state index in [4.69, 9.17) is 11.0 Å². The van der Waals surface area contributed by atoms with E-state index in [9.17, 15) is 0 Å². The Balaban J connectivity index is 2.15. The van der Waals surface area contributed by atoms with E-state index in [1.807, 2.05) is 0 Å². The fourth-order valence-corrected chi connectivity index (χ4v) is 1.58. The number of nitrogens with zero attached hydrogens (tertiary/aromatic N) is 3. The van der Waals surface area contributed by atoms with Crippen LogP contribution < -0.4 is 5.73 Å². The molecule has 0 atom stereocenters. The highest BCUT2D eigenvalue weighted by atomic mass is 15.3. The Kier molecular flexibility index (Phi) is 1.93. The molecule has 1 aromatic heterocycles. The van der Waals surface area contributed by atoms with Crippen LogP contribution in [0.25, 0.3) is 0 Å². The van der Waals surface area contributed by atoms with Crippen molar-refractivity contribution < 1.29 is 0 Å². The van der Waals surface area contributed by atoms with Gasteiger partial charge in [0, 0.05) is 6.54 Å². The fourth-order valence-electron chi connectivity index (χ4n) is 1.58. The van der Waals surface area contributed by atoms with Gasteiger partial charge in [-0.1, -0.05) is 6.42 Å². The van der Waals surface area contributed by atoms with Crippen LogP contribution in [0.5, 0.6) is 0 Å². The van der Waals surface area contributed by atoms with Gasteiger partial charge in [0.05, 0.1) is 11.9 Å². The molecule has 1 aliphatic carbocycles. The van der Waals surface area contributed by atoms with Crippen LogP contribution >= 0.6 is 0 Å². The number of nitriles is 1. The first-order valence-electron chi connectivity index (χ1n) is 4.52. The lowest BCUT2D eigenvalue weighted by Gasteiger charge is -2.25. The summed E-state index contributed by atoms with van der Waals surface area (Å²) in [6.45, 7) is 0.847. The van der Waals surface area contributed by atoms with Gasteiger partial charge < -0.3 is 5.73 Å². The highest BCUT2D eigenvalue weighted by Crippen LogP contribution is 2.28. The van der Waals surface area contributed by atoms with Crippen molar-refractivity contribution in [3.8, 4) is 6.07 Å². The summed E-state index contributed by atoms with van der Waals surface area (Å²) in [5.41, 5.74) is 6.58. The molecular weight excluding hydrogens is 164 g/mol. The Morgan fingerprint density at radius 1 is 1.69 bits per heavy atom. The average Bonchev–Trinajstić information content (AvgIpc) is 2.39. The van der Waals surface area contributed by atoms with E-state index in [1.54, 1.807) is 10.9 Å². The number of aromatic nitrogens is 2. The Labute approximate surface area is 77.0 Å². The van der Waals surface area contributed by atoms with Gasteiger partial charge >= 0.3 is 0 Å². The third-order valence-corrected chi connectivity index (χ3v) is 2.63. The number of nitrogens with two attached hydrogens (primary N) is 1. The van der Waals surface area contributed by atoms with Crippen LogP contribution in [0.15, 0.2) is 6.20 Å². The molecule has 1 fully saturated rings. The topological polar surface area (TPSA) is 67.6 Å². The molecule has 0 saturated heterocycles. The van der Waals surface area contributed by atoms with Gasteiger partial charge in [-0.05, 0) is 18.8 Å². The monoisotopic (exact) mass is 176 g/mol. The second kappa shape index (κ2) is 3.09. The van der Waals surface area contributed by atoms with E-state index in [1.165, 1.54) is 19.3 Å². The van der Waals surface area contributed by atoms with Gasteiger partial charge in [0.15, 0.2) is 5.69 Å². The van der Waals surface area contributed by atoms with Crippen LogP contribution in [-0.4, -0.2) is 9.78 Å². The average molecular weight is 176 g/mol. The zero-order chi connectivity index (χ0) is 9.26. The van der Waals surface area contributed by atoms with Crippen LogP contribution in [0, 0.1) is 17.2 Å². The summed E-state index contributed by atoms with van der Waals surface area (Å²) in [5.74, 6) is 0.700. The SMILES string of the molecule is N#Cc1c(N)cnn1CC1CCC1. The van der Waals surface area contributed by atoms with Crippen LogP contribution in [0.3, 0.4) is 0 Å². The lowest BCUT2D eigenvalue weighted by molar-refractivity contribution is 0.265. The molecule has 1 aliphatic rings. The molecular formula is C9H12N4. The molecule has 68 valence electrons. The van der Waals surface area contributed by atoms with Crippen LogP contribution in [0.4, 0.5) is 5.69 Å². The van der Waals surface area contributed by atoms with Gasteiger partial charge in [0.1, 0.15) is 6.07 Å². The first kappa shape index (κ1) is 8.11. The summed E-state index contributed by atoms with van der Waals surface area (Å²) in [6, 6.07) is 2.07. The van der Waals surface area contributed by atoms with Crippen molar-refractivity contribution >= 4 is 5.69 Å². The summed E-state index contributed by atoms with van der Waals surface area (Å²) >= 11 is 0. The number of anilines is 1. The van der Waals surface area contributed by atoms with Crippen LogP contribution in [0.2, 0.25) is 0 Å². The van der Waals surface area contributed by atoms with Crippen LogP contribution in [-0.2, 0) is 6.54 Å². The highest BCUT2D eigenvalue weighted by molar-refractivity contribution is 5.48. The molecule has 13 heavy (non-hydrogen) atoms. The van der Waals surface area contributed by atoms with Gasteiger partial charge in [-0.2, -0.15) is 10.4 Å².